The fraction of sp³-hybridized carbons (Fsp3) is 0.427. The van der Waals surface area contributed by atoms with Gasteiger partial charge in [-0.25, -0.2) is 17.6 Å². The van der Waals surface area contributed by atoms with Crippen molar-refractivity contribution >= 4 is 87.2 Å². The van der Waals surface area contributed by atoms with E-state index in [1.165, 1.54) is 81.5 Å². The van der Waals surface area contributed by atoms with Crippen LogP contribution in [0.4, 0.5) is 17.6 Å². The van der Waals surface area contributed by atoms with Gasteiger partial charge in [0.25, 0.3) is 0 Å². The van der Waals surface area contributed by atoms with Crippen molar-refractivity contribution in [1.29, 1.82) is 0 Å². The third kappa shape index (κ3) is 33.7. The number of aryl methyl sites for hydroxylation is 5. The maximum atomic E-state index is 15.1. The number of hydrogen-bond acceptors (Lipinski definition) is 38. The summed E-state index contributed by atoms with van der Waals surface area (Å²) in [6, 6.07) is 32.4. The van der Waals surface area contributed by atoms with Crippen LogP contribution in [0, 0.1) is 27.7 Å². The average molecular weight is 2030 g/mol. The number of phenolic OH excluding ortho intramolecular Hbond substituents is 5. The molecule has 11 rings (SSSR count). The number of esters is 6. The molecule has 0 bridgehead atoms. The number of ether oxygens (including phenoxy) is 16. The van der Waals surface area contributed by atoms with Crippen LogP contribution in [0.3, 0.4) is 0 Å². The first-order valence-corrected chi connectivity index (χ1v) is 43.3. The van der Waals surface area contributed by atoms with Crippen LogP contribution in [-0.4, -0.2) is 291 Å². The van der Waals surface area contributed by atoms with Gasteiger partial charge in [0.2, 0.25) is 25.0 Å². The molecule has 0 amide bonds. The topological polar surface area (TPSA) is 558 Å². The number of aliphatic hydroxyl groups excluding tert-OH is 6. The van der Waals surface area contributed by atoms with E-state index < -0.39 is 195 Å². The maximum absolute atomic E-state index is 15.1. The molecule has 4 fully saturated rings. The van der Waals surface area contributed by atoms with Crippen LogP contribution in [0.2, 0.25) is 0 Å². The van der Waals surface area contributed by atoms with Crippen LogP contribution in [0.5, 0.6) is 63.2 Å². The Kier molecular flexibility index (Phi) is 44.9. The molecule has 11 N–H and O–H groups in total. The molecule has 0 aromatic heterocycles. The summed E-state index contributed by atoms with van der Waals surface area (Å²) in [6.45, 7) is 13.4. The second kappa shape index (κ2) is 54.4. The predicted molar refractivity (Wildman–Crippen MR) is 482 cm³/mol. The van der Waals surface area contributed by atoms with Gasteiger partial charge < -0.3 is 132 Å². The Morgan fingerprint density at radius 3 is 1.11 bits per heavy atom. The summed E-state index contributed by atoms with van der Waals surface area (Å²) in [5.41, 5.74) is 4.12. The number of benzene rings is 7. The first-order chi connectivity index (χ1) is 65.5. The SMILES string of the molecule is CC(=O)OCC1OC(Br)C(OC(C)=O)C(OC(C)=O)C1F.CC(=O)OCC1OC(Oc2cc(C)cc(O)c2C(C)=O)C(OC(C)=O)C(OC(C)=O)C1F.CC(=O)c1c(O)cc(C)cc1O.COc1ccc(/C=C/C(=O)c2c(O)cc(C)cc2OC2OC(CO)C(F)C(O)C2O)cc1.COc1ccc(C=O)cc1.COc1ccc(CCC(=O)c2c(O)cc(C)cc2OC2OC(CO)C(F)C(O)C2O)cc1. The Bertz CT molecular complexity index is 5350. The van der Waals surface area contributed by atoms with Crippen LogP contribution in [-0.2, 0) is 82.6 Å². The highest BCUT2D eigenvalue weighted by Crippen LogP contribution is 2.41. The zero-order valence-electron chi connectivity index (χ0n) is 77.9. The Morgan fingerprint density at radius 1 is 0.388 bits per heavy atom. The molecule has 38 nitrogen and oxygen atoms in total. The van der Waals surface area contributed by atoms with Crippen LogP contribution >= 0.6 is 15.9 Å². The maximum Gasteiger partial charge on any atom is 0.303 e. The summed E-state index contributed by atoms with van der Waals surface area (Å²) in [4.78, 5) is 126. The number of ketones is 4. The number of alkyl halides is 5. The minimum atomic E-state index is -2.04. The van der Waals surface area contributed by atoms with Crippen molar-refractivity contribution < 1.29 is 202 Å². The standard InChI is InChI=1S/C23H27FO8.C23H25FO8.C21H25FO10.C12H16BrFO7.C9H10O3.C8H8O2/c2*1-12-9-16(27)19(15(26)8-5-13-3-6-14(30-2)7-4-13)17(10-12)31-23-22(29)21(28)20(24)18(11-25)32-23;1-9-6-14(27)17(10(2)23)15(7-9)31-21-20(30-13(5)26)19(29-12(4)25)18(22)16(32-21)8-28-11(3)24;1-5(15)18-4-8-9(14)10(19-6(2)16)11(12(13)21-8)20-7(3)17;1-5-3-7(11)9(6(2)10)8(12)4-5;1-10-8-4-2-7(6-9)3-5-8/h3-4,6-7,9-10,18,20-23,25,27-29H,5,8,11H2,1-2H3;3-10,18,20-23,25,27-29H,11H2,1-2H3;6-7,16,18-21,27H,8H2,1-5H3;8-12H,4H2,1-3H3;3-4,11-12H,1-2H3;2-6H,1H3/b;8-5+;;;;. The van der Waals surface area contributed by atoms with Gasteiger partial charge in [-0.05, 0) is 184 Å². The molecule has 4 aliphatic heterocycles. The molecule has 20 atom stereocenters. The number of aromatic hydroxyl groups is 5. The number of aliphatic hydroxyl groups is 6. The number of carbonyl (C=O) groups excluding carboxylic acids is 11. The van der Waals surface area contributed by atoms with Gasteiger partial charge in [-0.1, -0.05) is 46.3 Å². The van der Waals surface area contributed by atoms with E-state index in [0.717, 1.165) is 57.8 Å². The van der Waals surface area contributed by atoms with Gasteiger partial charge in [0, 0.05) is 53.5 Å². The number of methoxy groups -OCH3 is 3. The Labute approximate surface area is 803 Å². The lowest BCUT2D eigenvalue weighted by Gasteiger charge is -2.41. The van der Waals surface area contributed by atoms with Crippen molar-refractivity contribution in [2.24, 2.45) is 0 Å². The molecule has 0 spiro atoms. The van der Waals surface area contributed by atoms with Crippen LogP contribution in [0.15, 0.2) is 127 Å². The van der Waals surface area contributed by atoms with Crippen molar-refractivity contribution in [2.75, 3.05) is 47.8 Å². The quantitative estimate of drug-likeness (QED) is 0.00395. The van der Waals surface area contributed by atoms with Crippen LogP contribution in [0.1, 0.15) is 147 Å². The molecule has 43 heteroatoms. The van der Waals surface area contributed by atoms with Crippen molar-refractivity contribution in [3.05, 3.63) is 189 Å². The smallest absolute Gasteiger partial charge is 0.303 e. The highest BCUT2D eigenvalue weighted by molar-refractivity contribution is 9.09. The Morgan fingerprint density at radius 2 is 0.719 bits per heavy atom. The molecule has 20 unspecified atom stereocenters. The number of allylic oxidation sites excluding steroid dienone is 1. The third-order valence-electron chi connectivity index (χ3n) is 20.3. The largest absolute Gasteiger partial charge is 0.507 e. The minimum absolute atomic E-state index is 0.0133. The minimum Gasteiger partial charge on any atom is -0.507 e. The van der Waals surface area contributed by atoms with Gasteiger partial charge in [0.05, 0.1) is 34.5 Å². The first kappa shape index (κ1) is 115. The first-order valence-electron chi connectivity index (χ1n) is 42.4. The summed E-state index contributed by atoms with van der Waals surface area (Å²) < 4.78 is 140. The highest BCUT2D eigenvalue weighted by Gasteiger charge is 2.54. The second-order valence-corrected chi connectivity index (χ2v) is 32.3. The van der Waals surface area contributed by atoms with Crippen LogP contribution in [0.25, 0.3) is 6.08 Å². The molecule has 0 aliphatic carbocycles. The van der Waals surface area contributed by atoms with Gasteiger partial charge in [0.15, 0.2) is 71.1 Å². The lowest BCUT2D eigenvalue weighted by Crippen LogP contribution is -2.61. The zero-order valence-corrected chi connectivity index (χ0v) is 79.5. The summed E-state index contributed by atoms with van der Waals surface area (Å²) in [6.07, 6.45) is -27.0. The highest BCUT2D eigenvalue weighted by atomic mass is 79.9. The lowest BCUT2D eigenvalue weighted by atomic mass is 9.99. The van der Waals surface area contributed by atoms with Gasteiger partial charge in [-0.15, -0.1) is 0 Å². The van der Waals surface area contributed by atoms with Gasteiger partial charge in [-0.2, -0.15) is 0 Å². The van der Waals surface area contributed by atoms with Crippen molar-refractivity contribution in [3.63, 3.8) is 0 Å². The summed E-state index contributed by atoms with van der Waals surface area (Å²) in [7, 11) is 4.69. The Balaban J connectivity index is 0.000000266. The molecule has 758 valence electrons. The second-order valence-electron chi connectivity index (χ2n) is 31.4. The number of carbonyl (C=O) groups is 11. The molecule has 7 aromatic carbocycles. The van der Waals surface area contributed by atoms with Crippen LogP contribution < -0.4 is 28.4 Å². The summed E-state index contributed by atoms with van der Waals surface area (Å²) >= 11 is 3.09. The van der Waals surface area contributed by atoms with E-state index in [0.29, 0.717) is 45.7 Å². The van der Waals surface area contributed by atoms with E-state index in [9.17, 15) is 122 Å². The number of phenols is 5. The third-order valence-corrected chi connectivity index (χ3v) is 21.0. The number of aldehydes is 1. The van der Waals surface area contributed by atoms with Crippen molar-refractivity contribution in [1.82, 2.24) is 0 Å². The van der Waals surface area contributed by atoms with Crippen molar-refractivity contribution in [3.8, 4) is 63.2 Å². The predicted octanol–water partition coefficient (Wildman–Crippen LogP) is 9.20. The van der Waals surface area contributed by atoms with Gasteiger partial charge >= 0.3 is 35.8 Å². The van der Waals surface area contributed by atoms with E-state index in [4.69, 9.17) is 75.8 Å². The van der Waals surface area contributed by atoms with E-state index in [-0.39, 0.29) is 87.1 Å². The molecule has 7 aromatic rings. The van der Waals surface area contributed by atoms with E-state index >= 15 is 4.39 Å². The fourth-order valence-electron chi connectivity index (χ4n) is 13.7. The number of Topliss-reactive ketones (excluding diaryl/α,β-unsaturated/α-hetero) is 3. The summed E-state index contributed by atoms with van der Waals surface area (Å²) in [5.74, 6) is -5.86. The fourth-order valence-corrected chi connectivity index (χ4v) is 14.4. The van der Waals surface area contributed by atoms with Crippen molar-refractivity contribution in [2.45, 2.75) is 218 Å². The van der Waals surface area contributed by atoms with E-state index in [1.54, 1.807) is 110 Å². The van der Waals surface area contributed by atoms with E-state index in [2.05, 4.69) is 15.9 Å². The molecule has 4 saturated heterocycles. The zero-order chi connectivity index (χ0) is 104. The summed E-state index contributed by atoms with van der Waals surface area (Å²) in [5, 5.41) is 107. The normalized spacial score (nSPS) is 23.8. The molecule has 0 radical (unpaired) electrons. The number of hydrogen-bond donors (Lipinski definition) is 11. The lowest BCUT2D eigenvalue weighted by molar-refractivity contribution is -0.275. The molecule has 0 saturated carbocycles. The van der Waals surface area contributed by atoms with Gasteiger partial charge in [-0.3, -0.25) is 52.7 Å². The number of rotatable bonds is 29. The molecular formula is C96H111BrF4O38. The number of halogens is 5. The molecule has 139 heavy (non-hydrogen) atoms. The molecule has 4 heterocycles. The monoisotopic (exact) mass is 2030 g/mol. The molecular weight excluding hydrogens is 1920 g/mol. The van der Waals surface area contributed by atoms with Gasteiger partial charge in [0.1, 0.15) is 154 Å². The van der Waals surface area contributed by atoms with E-state index in [1.807, 2.05) is 12.1 Å². The Hall–Kier alpha value is -13.0. The average Bonchev–Trinajstić information content (AvgIpc) is 0.838. The molecule has 4 aliphatic rings.